The number of hydrogen-bond acceptors (Lipinski definition) is 3. The van der Waals surface area contributed by atoms with E-state index < -0.39 is 5.97 Å². The highest BCUT2D eigenvalue weighted by Crippen LogP contribution is 2.26. The summed E-state index contributed by atoms with van der Waals surface area (Å²) in [5, 5.41) is 8.81. The second-order valence-corrected chi connectivity index (χ2v) is 6.47. The predicted molar refractivity (Wildman–Crippen MR) is 84.8 cm³/mol. The lowest BCUT2D eigenvalue weighted by Gasteiger charge is -2.04. The van der Waals surface area contributed by atoms with Crippen LogP contribution in [0.4, 0.5) is 0 Å². The first-order valence-corrected chi connectivity index (χ1v) is 8.16. The topological polar surface area (TPSA) is 50.4 Å². The van der Waals surface area contributed by atoms with Gasteiger partial charge >= 0.3 is 5.97 Å². The summed E-state index contributed by atoms with van der Waals surface area (Å²) in [4.78, 5) is 10.7. The highest BCUT2D eigenvalue weighted by Gasteiger charge is 2.11. The van der Waals surface area contributed by atoms with Gasteiger partial charge in [0.15, 0.2) is 0 Å². The maximum atomic E-state index is 10.7. The Morgan fingerprint density at radius 2 is 2.00 bits per heavy atom. The largest absolute Gasteiger partial charge is 0.481 e. The number of carboxylic acids is 1. The number of carboxylic acid groups (broad SMARTS) is 1. The fraction of sp³-hybridized carbons (Fsp3) is 0.267. The van der Waals surface area contributed by atoms with Crippen molar-refractivity contribution in [2.75, 3.05) is 5.75 Å². The molecule has 0 bridgehead atoms. The fourth-order valence-electron chi connectivity index (χ4n) is 1.63. The van der Waals surface area contributed by atoms with Gasteiger partial charge in [-0.1, -0.05) is 35.0 Å². The first-order valence-electron chi connectivity index (χ1n) is 6.21. The fourth-order valence-corrected chi connectivity index (χ4v) is 2.87. The molecule has 0 saturated carbocycles. The quantitative estimate of drug-likeness (QED) is 0.819. The molecule has 0 aliphatic heterocycles. The van der Waals surface area contributed by atoms with E-state index in [1.54, 1.807) is 18.7 Å². The SMILES string of the molecule is CC(CSCc1ccc(-c2ccc(Br)cc2)o1)C(=O)O. The number of carbonyl (C=O) groups is 1. The van der Waals surface area contributed by atoms with E-state index in [0.717, 1.165) is 21.6 Å². The zero-order chi connectivity index (χ0) is 14.5. The van der Waals surface area contributed by atoms with E-state index in [4.69, 9.17) is 9.52 Å². The zero-order valence-corrected chi connectivity index (χ0v) is 13.4. The van der Waals surface area contributed by atoms with E-state index in [-0.39, 0.29) is 5.92 Å². The lowest BCUT2D eigenvalue weighted by molar-refractivity contribution is -0.140. The Labute approximate surface area is 130 Å². The minimum absolute atomic E-state index is 0.332. The first kappa shape index (κ1) is 15.2. The van der Waals surface area contributed by atoms with Crippen molar-refractivity contribution in [1.29, 1.82) is 0 Å². The minimum atomic E-state index is -0.757. The predicted octanol–water partition coefficient (Wildman–Crippen LogP) is 4.66. The highest BCUT2D eigenvalue weighted by molar-refractivity contribution is 9.10. The molecule has 1 atom stereocenters. The van der Waals surface area contributed by atoms with Gasteiger partial charge in [0.05, 0.1) is 11.7 Å². The van der Waals surface area contributed by atoms with Gasteiger partial charge in [0.25, 0.3) is 0 Å². The standard InChI is InChI=1S/C15H15BrO3S/c1-10(15(17)18)8-20-9-13-6-7-14(19-13)11-2-4-12(16)5-3-11/h2-7,10H,8-9H2,1H3,(H,17,18). The Hall–Kier alpha value is -1.20. The number of hydrogen-bond donors (Lipinski definition) is 1. The van der Waals surface area contributed by atoms with E-state index in [9.17, 15) is 4.79 Å². The van der Waals surface area contributed by atoms with Crippen molar-refractivity contribution in [3.05, 3.63) is 46.6 Å². The Balaban J connectivity index is 1.92. The molecule has 0 aliphatic rings. The van der Waals surface area contributed by atoms with Crippen molar-refractivity contribution in [3.8, 4) is 11.3 Å². The van der Waals surface area contributed by atoms with Gasteiger partial charge in [-0.3, -0.25) is 4.79 Å². The van der Waals surface area contributed by atoms with E-state index in [1.165, 1.54) is 0 Å². The highest BCUT2D eigenvalue weighted by atomic mass is 79.9. The molecule has 2 aromatic rings. The number of thioether (sulfide) groups is 1. The Bertz CT molecular complexity index is 577. The van der Waals surface area contributed by atoms with Gasteiger partial charge in [0.2, 0.25) is 0 Å². The smallest absolute Gasteiger partial charge is 0.307 e. The number of benzene rings is 1. The average molecular weight is 355 g/mol. The number of aliphatic carboxylic acids is 1. The lowest BCUT2D eigenvalue weighted by atomic mass is 10.2. The summed E-state index contributed by atoms with van der Waals surface area (Å²) >= 11 is 4.97. The maximum Gasteiger partial charge on any atom is 0.307 e. The van der Waals surface area contributed by atoms with Gasteiger partial charge in [-0.15, -0.1) is 0 Å². The summed E-state index contributed by atoms with van der Waals surface area (Å²) in [5.74, 6) is 1.89. The van der Waals surface area contributed by atoms with Crippen LogP contribution in [0.15, 0.2) is 45.3 Å². The maximum absolute atomic E-state index is 10.7. The van der Waals surface area contributed by atoms with Crippen LogP contribution in [0.25, 0.3) is 11.3 Å². The molecule has 3 nitrogen and oxygen atoms in total. The molecule has 1 N–H and O–H groups in total. The Morgan fingerprint density at radius 1 is 1.30 bits per heavy atom. The molecule has 1 unspecified atom stereocenters. The second kappa shape index (κ2) is 6.99. The van der Waals surface area contributed by atoms with Gasteiger partial charge < -0.3 is 9.52 Å². The molecule has 0 saturated heterocycles. The summed E-state index contributed by atoms with van der Waals surface area (Å²) < 4.78 is 6.80. The van der Waals surface area contributed by atoms with Crippen LogP contribution in [0.2, 0.25) is 0 Å². The van der Waals surface area contributed by atoms with Gasteiger partial charge in [-0.25, -0.2) is 0 Å². The number of rotatable bonds is 6. The third kappa shape index (κ3) is 4.15. The summed E-state index contributed by atoms with van der Waals surface area (Å²) in [7, 11) is 0. The summed E-state index contributed by atoms with van der Waals surface area (Å²) in [6, 6.07) is 11.8. The lowest BCUT2D eigenvalue weighted by Crippen LogP contribution is -2.11. The molecule has 5 heteroatoms. The number of halogens is 1. The van der Waals surface area contributed by atoms with E-state index >= 15 is 0 Å². The van der Waals surface area contributed by atoms with Crippen LogP contribution < -0.4 is 0 Å². The zero-order valence-electron chi connectivity index (χ0n) is 11.0. The monoisotopic (exact) mass is 354 g/mol. The molecule has 0 radical (unpaired) electrons. The summed E-state index contributed by atoms with van der Waals surface area (Å²) in [6.07, 6.45) is 0. The van der Waals surface area contributed by atoms with Gasteiger partial charge in [-0.2, -0.15) is 11.8 Å². The van der Waals surface area contributed by atoms with Crippen molar-refractivity contribution in [2.45, 2.75) is 12.7 Å². The Morgan fingerprint density at radius 3 is 2.65 bits per heavy atom. The van der Waals surface area contributed by atoms with Gasteiger partial charge in [0.1, 0.15) is 11.5 Å². The molecule has 0 spiro atoms. The van der Waals surface area contributed by atoms with Crippen molar-refractivity contribution < 1.29 is 14.3 Å². The van der Waals surface area contributed by atoms with E-state index in [1.807, 2.05) is 36.4 Å². The van der Waals surface area contributed by atoms with Crippen LogP contribution in [-0.2, 0) is 10.5 Å². The number of furan rings is 1. The van der Waals surface area contributed by atoms with Crippen LogP contribution in [0.5, 0.6) is 0 Å². The van der Waals surface area contributed by atoms with Crippen molar-refractivity contribution in [1.82, 2.24) is 0 Å². The van der Waals surface area contributed by atoms with Crippen molar-refractivity contribution >= 4 is 33.7 Å². The molecular formula is C15H15BrO3S. The summed E-state index contributed by atoms with van der Waals surface area (Å²) in [5.41, 5.74) is 1.03. The van der Waals surface area contributed by atoms with Gasteiger partial charge in [-0.05, 0) is 24.3 Å². The van der Waals surface area contributed by atoms with Crippen LogP contribution >= 0.6 is 27.7 Å². The van der Waals surface area contributed by atoms with E-state index in [2.05, 4.69) is 15.9 Å². The third-order valence-electron chi connectivity index (χ3n) is 2.82. The molecule has 1 aromatic heterocycles. The molecule has 0 amide bonds. The minimum Gasteiger partial charge on any atom is -0.481 e. The molecule has 1 heterocycles. The normalized spacial score (nSPS) is 12.3. The third-order valence-corrected chi connectivity index (χ3v) is 4.58. The van der Waals surface area contributed by atoms with Crippen LogP contribution in [0.3, 0.4) is 0 Å². The average Bonchev–Trinajstić information content (AvgIpc) is 2.88. The second-order valence-electron chi connectivity index (χ2n) is 4.53. The van der Waals surface area contributed by atoms with Gasteiger partial charge in [0, 0.05) is 15.8 Å². The van der Waals surface area contributed by atoms with E-state index in [0.29, 0.717) is 11.5 Å². The first-order chi connectivity index (χ1) is 9.56. The van der Waals surface area contributed by atoms with Crippen molar-refractivity contribution in [2.24, 2.45) is 5.92 Å². The molecular weight excluding hydrogens is 340 g/mol. The summed E-state index contributed by atoms with van der Waals surface area (Å²) in [6.45, 7) is 1.71. The molecule has 106 valence electrons. The molecule has 1 aromatic carbocycles. The molecule has 2 rings (SSSR count). The van der Waals surface area contributed by atoms with Crippen LogP contribution in [-0.4, -0.2) is 16.8 Å². The molecule has 0 fully saturated rings. The van der Waals surface area contributed by atoms with Crippen LogP contribution in [0.1, 0.15) is 12.7 Å². The molecule has 20 heavy (non-hydrogen) atoms. The molecule has 0 aliphatic carbocycles. The van der Waals surface area contributed by atoms with Crippen molar-refractivity contribution in [3.63, 3.8) is 0 Å². The van der Waals surface area contributed by atoms with Crippen LogP contribution in [0, 0.1) is 5.92 Å². The Kier molecular flexibility index (Phi) is 5.31.